The zero-order valence-electron chi connectivity index (χ0n) is 11.1. The molecule has 1 aliphatic heterocycles. The Hall–Kier alpha value is -1.62. The van der Waals surface area contributed by atoms with Crippen LogP contribution in [0.15, 0.2) is 18.2 Å². The molecular weight excluding hydrogens is 249 g/mol. The lowest BCUT2D eigenvalue weighted by Gasteiger charge is -2.40. The van der Waals surface area contributed by atoms with E-state index >= 15 is 0 Å². The maximum Gasteiger partial charge on any atom is 0.337 e. The third-order valence-electron chi connectivity index (χ3n) is 3.44. The van der Waals surface area contributed by atoms with Crippen LogP contribution in [0, 0.1) is 5.82 Å². The molecule has 19 heavy (non-hydrogen) atoms. The van der Waals surface area contributed by atoms with Crippen LogP contribution in [-0.4, -0.2) is 36.4 Å². The zero-order chi connectivity index (χ0) is 14.0. The molecule has 0 aliphatic carbocycles. The van der Waals surface area contributed by atoms with E-state index in [2.05, 4.69) is 0 Å². The Kier molecular flexibility index (Phi) is 4.04. The monoisotopic (exact) mass is 267 g/mol. The molecule has 5 heteroatoms. The number of para-hydroxylation sites is 1. The molecule has 0 spiro atoms. The van der Waals surface area contributed by atoms with Gasteiger partial charge < -0.3 is 14.7 Å². The van der Waals surface area contributed by atoms with Crippen LogP contribution >= 0.6 is 0 Å². The summed E-state index contributed by atoms with van der Waals surface area (Å²) < 4.78 is 19.6. The molecule has 0 amide bonds. The summed E-state index contributed by atoms with van der Waals surface area (Å²) in [4.78, 5) is 13.1. The minimum atomic E-state index is -1.11. The number of anilines is 1. The Morgan fingerprint density at radius 3 is 2.95 bits per heavy atom. The minimum absolute atomic E-state index is 0.00574. The molecule has 104 valence electrons. The summed E-state index contributed by atoms with van der Waals surface area (Å²) in [7, 11) is 0. The predicted octanol–water partition coefficient (Wildman–Crippen LogP) is 2.53. The second-order valence-corrected chi connectivity index (χ2v) is 4.80. The molecule has 2 unspecified atom stereocenters. The minimum Gasteiger partial charge on any atom is -0.478 e. The Labute approximate surface area is 111 Å². The number of carboxylic acid groups (broad SMARTS) is 1. The molecule has 1 saturated heterocycles. The third kappa shape index (κ3) is 2.71. The van der Waals surface area contributed by atoms with Crippen LogP contribution < -0.4 is 4.90 Å². The number of carbonyl (C=O) groups is 1. The highest BCUT2D eigenvalue weighted by Gasteiger charge is 2.30. The number of nitrogens with zero attached hydrogens (tertiary/aromatic N) is 1. The number of aromatic carboxylic acids is 1. The largest absolute Gasteiger partial charge is 0.478 e. The average molecular weight is 267 g/mol. The maximum atomic E-state index is 14.1. The summed E-state index contributed by atoms with van der Waals surface area (Å²) in [5.41, 5.74) is 0.185. The molecule has 1 heterocycles. The lowest BCUT2D eigenvalue weighted by molar-refractivity contribution is 0.0294. The van der Waals surface area contributed by atoms with Crippen molar-refractivity contribution in [2.24, 2.45) is 0 Å². The van der Waals surface area contributed by atoms with Crippen LogP contribution in [0.5, 0.6) is 0 Å². The number of hydrogen-bond acceptors (Lipinski definition) is 3. The molecule has 1 aromatic carbocycles. The quantitative estimate of drug-likeness (QED) is 0.914. The number of halogens is 1. The van der Waals surface area contributed by atoms with Crippen LogP contribution in [0.2, 0.25) is 0 Å². The van der Waals surface area contributed by atoms with Crippen molar-refractivity contribution in [3.8, 4) is 0 Å². The van der Waals surface area contributed by atoms with Gasteiger partial charge in [0.2, 0.25) is 0 Å². The first kappa shape index (κ1) is 13.8. The van der Waals surface area contributed by atoms with Crippen molar-refractivity contribution < 1.29 is 19.0 Å². The van der Waals surface area contributed by atoms with Crippen LogP contribution in [0.3, 0.4) is 0 Å². The number of morpholine rings is 1. The van der Waals surface area contributed by atoms with Gasteiger partial charge in [-0.15, -0.1) is 0 Å². The van der Waals surface area contributed by atoms with Crippen LogP contribution in [0.1, 0.15) is 30.6 Å². The van der Waals surface area contributed by atoms with Gasteiger partial charge in [0.15, 0.2) is 0 Å². The molecular formula is C14H18FNO3. The molecule has 1 fully saturated rings. The van der Waals surface area contributed by atoms with E-state index < -0.39 is 11.8 Å². The molecule has 1 N–H and O–H groups in total. The Bertz CT molecular complexity index is 478. The van der Waals surface area contributed by atoms with E-state index in [-0.39, 0.29) is 23.4 Å². The van der Waals surface area contributed by atoms with Crippen molar-refractivity contribution in [3.05, 3.63) is 29.6 Å². The summed E-state index contributed by atoms with van der Waals surface area (Å²) in [6.45, 7) is 4.88. The summed E-state index contributed by atoms with van der Waals surface area (Å²) >= 11 is 0. The molecule has 1 aliphatic rings. The van der Waals surface area contributed by atoms with Gasteiger partial charge in [0.1, 0.15) is 5.82 Å². The van der Waals surface area contributed by atoms with Gasteiger partial charge in [-0.3, -0.25) is 0 Å². The Balaban J connectivity index is 2.46. The van der Waals surface area contributed by atoms with E-state index in [9.17, 15) is 14.3 Å². The molecule has 0 radical (unpaired) electrons. The van der Waals surface area contributed by atoms with Crippen molar-refractivity contribution in [2.45, 2.75) is 32.4 Å². The maximum absolute atomic E-state index is 14.1. The molecule has 0 saturated carbocycles. The molecule has 2 atom stereocenters. The highest BCUT2D eigenvalue weighted by Crippen LogP contribution is 2.29. The first-order chi connectivity index (χ1) is 9.04. The van der Waals surface area contributed by atoms with E-state index in [1.165, 1.54) is 18.2 Å². The van der Waals surface area contributed by atoms with Gasteiger partial charge in [-0.1, -0.05) is 13.0 Å². The van der Waals surface area contributed by atoms with Gasteiger partial charge in [-0.05, 0) is 25.5 Å². The third-order valence-corrected chi connectivity index (χ3v) is 3.44. The van der Waals surface area contributed by atoms with Gasteiger partial charge in [-0.25, -0.2) is 9.18 Å². The molecule has 2 rings (SSSR count). The van der Waals surface area contributed by atoms with Gasteiger partial charge in [-0.2, -0.15) is 0 Å². The van der Waals surface area contributed by atoms with E-state index in [0.29, 0.717) is 13.2 Å². The number of benzene rings is 1. The van der Waals surface area contributed by atoms with Gasteiger partial charge >= 0.3 is 5.97 Å². The van der Waals surface area contributed by atoms with Crippen molar-refractivity contribution >= 4 is 11.7 Å². The van der Waals surface area contributed by atoms with Crippen LogP contribution in [0.25, 0.3) is 0 Å². The molecule has 0 bridgehead atoms. The summed E-state index contributed by atoms with van der Waals surface area (Å²) in [6.07, 6.45) is 0.740. The van der Waals surface area contributed by atoms with Crippen LogP contribution in [0.4, 0.5) is 10.1 Å². The fraction of sp³-hybridized carbons (Fsp3) is 0.500. The Morgan fingerprint density at radius 1 is 1.58 bits per heavy atom. The highest BCUT2D eigenvalue weighted by atomic mass is 19.1. The Morgan fingerprint density at radius 2 is 2.32 bits per heavy atom. The second-order valence-electron chi connectivity index (χ2n) is 4.80. The van der Waals surface area contributed by atoms with Crippen molar-refractivity contribution in [1.82, 2.24) is 0 Å². The summed E-state index contributed by atoms with van der Waals surface area (Å²) in [5.74, 6) is -1.60. The first-order valence-corrected chi connectivity index (χ1v) is 6.44. The lowest BCUT2D eigenvalue weighted by atomic mass is 10.1. The van der Waals surface area contributed by atoms with E-state index in [4.69, 9.17) is 4.74 Å². The standard InChI is InChI=1S/C14H18FNO3/c1-3-10-8-19-9(2)7-16(10)13-11(14(17)18)5-4-6-12(13)15/h4-6,9-10H,3,7-8H2,1-2H3,(H,17,18). The average Bonchev–Trinajstić information content (AvgIpc) is 2.38. The van der Waals surface area contributed by atoms with Crippen molar-refractivity contribution in [2.75, 3.05) is 18.1 Å². The number of rotatable bonds is 3. The first-order valence-electron chi connectivity index (χ1n) is 6.44. The predicted molar refractivity (Wildman–Crippen MR) is 70.2 cm³/mol. The topological polar surface area (TPSA) is 49.8 Å². The van der Waals surface area contributed by atoms with Crippen molar-refractivity contribution in [1.29, 1.82) is 0 Å². The van der Waals surface area contributed by atoms with Crippen LogP contribution in [-0.2, 0) is 4.74 Å². The molecule has 0 aromatic heterocycles. The lowest BCUT2D eigenvalue weighted by Crippen LogP contribution is -2.49. The summed E-state index contributed by atoms with van der Waals surface area (Å²) in [6, 6.07) is 4.17. The normalized spacial score (nSPS) is 23.4. The number of carboxylic acids is 1. The number of hydrogen-bond donors (Lipinski definition) is 1. The van der Waals surface area contributed by atoms with Crippen molar-refractivity contribution in [3.63, 3.8) is 0 Å². The molecule has 1 aromatic rings. The smallest absolute Gasteiger partial charge is 0.337 e. The summed E-state index contributed by atoms with van der Waals surface area (Å²) in [5, 5.41) is 9.22. The fourth-order valence-corrected chi connectivity index (χ4v) is 2.44. The van der Waals surface area contributed by atoms with E-state index in [1.807, 2.05) is 18.7 Å². The van der Waals surface area contributed by atoms with E-state index in [0.717, 1.165) is 6.42 Å². The van der Waals surface area contributed by atoms with Gasteiger partial charge in [0, 0.05) is 6.54 Å². The SMILES string of the molecule is CCC1COC(C)CN1c1c(F)cccc1C(=O)O. The second kappa shape index (κ2) is 5.57. The highest BCUT2D eigenvalue weighted by molar-refractivity contribution is 5.94. The van der Waals surface area contributed by atoms with Gasteiger partial charge in [0.25, 0.3) is 0 Å². The zero-order valence-corrected chi connectivity index (χ0v) is 11.1. The molecule has 4 nitrogen and oxygen atoms in total. The van der Waals surface area contributed by atoms with E-state index in [1.54, 1.807) is 0 Å². The fourth-order valence-electron chi connectivity index (χ4n) is 2.44. The van der Waals surface area contributed by atoms with Gasteiger partial charge in [0.05, 0.1) is 30.0 Å². The number of ether oxygens (including phenoxy) is 1.